The van der Waals surface area contributed by atoms with Crippen LogP contribution in [-0.2, 0) is 6.54 Å². The van der Waals surface area contributed by atoms with Crippen molar-refractivity contribution in [2.45, 2.75) is 6.54 Å². The van der Waals surface area contributed by atoms with E-state index in [1.807, 2.05) is 28.9 Å². The van der Waals surface area contributed by atoms with E-state index >= 15 is 0 Å². The van der Waals surface area contributed by atoms with Crippen LogP contribution < -0.4 is 0 Å². The summed E-state index contributed by atoms with van der Waals surface area (Å²) >= 11 is 2.33. The first kappa shape index (κ1) is 7.97. The van der Waals surface area contributed by atoms with Crippen LogP contribution in [-0.4, -0.2) is 19.4 Å². The second-order valence-electron chi connectivity index (χ2n) is 2.49. The third-order valence-electron chi connectivity index (χ3n) is 1.72. The molecule has 2 rings (SSSR count). The van der Waals surface area contributed by atoms with E-state index in [9.17, 15) is 0 Å². The second kappa shape index (κ2) is 3.38. The summed E-state index contributed by atoms with van der Waals surface area (Å²) in [4.78, 5) is 0. The fourth-order valence-electron chi connectivity index (χ4n) is 1.16. The van der Waals surface area contributed by atoms with Crippen LogP contribution in [0.4, 0.5) is 0 Å². The highest BCUT2D eigenvalue weighted by atomic mass is 127. The molecule has 0 bridgehead atoms. The van der Waals surface area contributed by atoms with Gasteiger partial charge in [-0.15, -0.1) is 5.10 Å². The van der Waals surface area contributed by atoms with Crippen molar-refractivity contribution < 1.29 is 0 Å². The van der Waals surface area contributed by atoms with Crippen LogP contribution in [0.15, 0.2) is 24.3 Å². The second-order valence-corrected chi connectivity index (χ2v) is 3.57. The molecule has 2 aromatic rings. The van der Waals surface area contributed by atoms with Crippen LogP contribution >= 0.6 is 22.6 Å². The third-order valence-corrected chi connectivity index (χ3v) is 2.20. The van der Waals surface area contributed by atoms with Crippen molar-refractivity contribution >= 4 is 33.6 Å². The van der Waals surface area contributed by atoms with Gasteiger partial charge in [0.25, 0.3) is 0 Å². The van der Waals surface area contributed by atoms with Gasteiger partial charge in [0.15, 0.2) is 0 Å². The lowest BCUT2D eigenvalue weighted by molar-refractivity contribution is 0.657. The summed E-state index contributed by atoms with van der Waals surface area (Å²) < 4.78 is 2.99. The Kier molecular flexibility index (Phi) is 2.25. The minimum Gasteiger partial charge on any atom is -0.244 e. The first-order valence-corrected chi connectivity index (χ1v) is 5.28. The van der Waals surface area contributed by atoms with Crippen molar-refractivity contribution in [1.82, 2.24) is 15.0 Å². The summed E-state index contributed by atoms with van der Waals surface area (Å²) in [5, 5.41) is 8.09. The minimum atomic E-state index is 0.932. The lowest BCUT2D eigenvalue weighted by Crippen LogP contribution is -2.00. The van der Waals surface area contributed by atoms with E-state index in [1.165, 1.54) is 0 Å². The molecular formula is C8H8IN3. The topological polar surface area (TPSA) is 30.7 Å². The number of halogens is 1. The molecule has 0 amide bonds. The summed E-state index contributed by atoms with van der Waals surface area (Å²) in [6, 6.07) is 8.01. The Morgan fingerprint density at radius 1 is 1.33 bits per heavy atom. The SMILES string of the molecule is ICCn1nnc2ccccc21. The van der Waals surface area contributed by atoms with Crippen molar-refractivity contribution in [3.63, 3.8) is 0 Å². The number of para-hydroxylation sites is 1. The highest BCUT2D eigenvalue weighted by molar-refractivity contribution is 14.1. The summed E-state index contributed by atoms with van der Waals surface area (Å²) in [5.74, 6) is 0. The molecule has 1 heterocycles. The first-order chi connectivity index (χ1) is 5.92. The zero-order valence-corrected chi connectivity index (χ0v) is 8.60. The minimum absolute atomic E-state index is 0.932. The molecule has 0 unspecified atom stereocenters. The number of hydrogen-bond acceptors (Lipinski definition) is 2. The maximum atomic E-state index is 4.05. The maximum absolute atomic E-state index is 4.05. The molecule has 12 heavy (non-hydrogen) atoms. The van der Waals surface area contributed by atoms with Crippen LogP contribution in [0, 0.1) is 0 Å². The molecule has 0 radical (unpaired) electrons. The van der Waals surface area contributed by atoms with Crippen LogP contribution in [0.1, 0.15) is 0 Å². The highest BCUT2D eigenvalue weighted by Crippen LogP contribution is 2.09. The monoisotopic (exact) mass is 273 g/mol. The van der Waals surface area contributed by atoms with Gasteiger partial charge in [-0.3, -0.25) is 0 Å². The average molecular weight is 273 g/mol. The number of nitrogens with zero attached hydrogens (tertiary/aromatic N) is 3. The Bertz CT molecular complexity index is 382. The fraction of sp³-hybridized carbons (Fsp3) is 0.250. The van der Waals surface area contributed by atoms with E-state index in [2.05, 4.69) is 32.9 Å². The molecule has 0 saturated heterocycles. The van der Waals surface area contributed by atoms with Crippen LogP contribution in [0.3, 0.4) is 0 Å². The molecule has 1 aromatic heterocycles. The molecule has 1 aromatic carbocycles. The molecule has 4 heteroatoms. The fourth-order valence-corrected chi connectivity index (χ4v) is 1.62. The van der Waals surface area contributed by atoms with Gasteiger partial charge in [-0.05, 0) is 12.1 Å². The standard InChI is InChI=1S/C8H8IN3/c9-5-6-12-8-4-2-1-3-7(8)10-11-12/h1-4H,5-6H2. The maximum Gasteiger partial charge on any atom is 0.113 e. The van der Waals surface area contributed by atoms with Gasteiger partial charge < -0.3 is 0 Å². The zero-order chi connectivity index (χ0) is 8.39. The molecule has 0 fully saturated rings. The van der Waals surface area contributed by atoms with E-state index in [1.54, 1.807) is 0 Å². The average Bonchev–Trinajstić information content (AvgIpc) is 2.50. The Hall–Kier alpha value is -0.650. The molecule has 0 aliphatic heterocycles. The van der Waals surface area contributed by atoms with Gasteiger partial charge in [0.2, 0.25) is 0 Å². The summed E-state index contributed by atoms with van der Waals surface area (Å²) in [6.07, 6.45) is 0. The van der Waals surface area contributed by atoms with E-state index in [0.29, 0.717) is 0 Å². The lowest BCUT2D eigenvalue weighted by Gasteiger charge is -1.95. The molecule has 0 aliphatic carbocycles. The molecule has 0 aliphatic rings. The molecule has 0 atom stereocenters. The number of fused-ring (bicyclic) bond motifs is 1. The molecule has 3 nitrogen and oxygen atoms in total. The largest absolute Gasteiger partial charge is 0.244 e. The molecule has 0 N–H and O–H groups in total. The number of aryl methyl sites for hydroxylation is 1. The molecule has 62 valence electrons. The number of rotatable bonds is 2. The van der Waals surface area contributed by atoms with Crippen molar-refractivity contribution in [3.8, 4) is 0 Å². The molecule has 0 spiro atoms. The van der Waals surface area contributed by atoms with Crippen LogP contribution in [0.5, 0.6) is 0 Å². The smallest absolute Gasteiger partial charge is 0.113 e. The highest BCUT2D eigenvalue weighted by Gasteiger charge is 2.00. The van der Waals surface area contributed by atoms with E-state index in [-0.39, 0.29) is 0 Å². The van der Waals surface area contributed by atoms with E-state index in [0.717, 1.165) is 22.0 Å². The lowest BCUT2D eigenvalue weighted by atomic mass is 10.3. The van der Waals surface area contributed by atoms with Gasteiger partial charge in [0.1, 0.15) is 5.52 Å². The van der Waals surface area contributed by atoms with Crippen molar-refractivity contribution in [1.29, 1.82) is 0 Å². The van der Waals surface area contributed by atoms with Crippen molar-refractivity contribution in [2.75, 3.05) is 4.43 Å². The van der Waals surface area contributed by atoms with Gasteiger partial charge in [-0.1, -0.05) is 39.9 Å². The third kappa shape index (κ3) is 1.31. The molecule has 0 saturated carbocycles. The van der Waals surface area contributed by atoms with E-state index < -0.39 is 0 Å². The number of hydrogen-bond donors (Lipinski definition) is 0. The number of benzene rings is 1. The summed E-state index contributed by atoms with van der Waals surface area (Å²) in [5.41, 5.74) is 2.09. The predicted octanol–water partition coefficient (Wildman–Crippen LogP) is 1.87. The van der Waals surface area contributed by atoms with Crippen molar-refractivity contribution in [3.05, 3.63) is 24.3 Å². The Morgan fingerprint density at radius 3 is 3.00 bits per heavy atom. The number of aromatic nitrogens is 3. The van der Waals surface area contributed by atoms with Gasteiger partial charge in [-0.25, -0.2) is 4.68 Å². The first-order valence-electron chi connectivity index (χ1n) is 3.76. The Morgan fingerprint density at radius 2 is 2.17 bits per heavy atom. The zero-order valence-electron chi connectivity index (χ0n) is 6.44. The summed E-state index contributed by atoms with van der Waals surface area (Å²) in [6.45, 7) is 0.932. The van der Waals surface area contributed by atoms with Gasteiger partial charge >= 0.3 is 0 Å². The van der Waals surface area contributed by atoms with Crippen LogP contribution in [0.2, 0.25) is 0 Å². The van der Waals surface area contributed by atoms with Crippen molar-refractivity contribution in [2.24, 2.45) is 0 Å². The molecular weight excluding hydrogens is 265 g/mol. The Balaban J connectivity index is 2.55. The van der Waals surface area contributed by atoms with Gasteiger partial charge in [0, 0.05) is 4.43 Å². The van der Waals surface area contributed by atoms with E-state index in [4.69, 9.17) is 0 Å². The van der Waals surface area contributed by atoms with Gasteiger partial charge in [0.05, 0.1) is 12.1 Å². The quantitative estimate of drug-likeness (QED) is 0.617. The predicted molar refractivity (Wildman–Crippen MR) is 56.4 cm³/mol. The van der Waals surface area contributed by atoms with Gasteiger partial charge in [-0.2, -0.15) is 0 Å². The van der Waals surface area contributed by atoms with Crippen LogP contribution in [0.25, 0.3) is 11.0 Å². The Labute approximate surface area is 83.9 Å². The normalized spacial score (nSPS) is 10.8. The summed E-state index contributed by atoms with van der Waals surface area (Å²) in [7, 11) is 0. The number of alkyl halides is 1.